The minimum absolute atomic E-state index is 0.000108. The fraction of sp³-hybridized carbons (Fsp3) is 1.00. The Morgan fingerprint density at radius 1 is 1.80 bits per heavy atom. The lowest BCUT2D eigenvalue weighted by atomic mass is 10.4. The number of halogens is 1. The second-order valence-corrected chi connectivity index (χ2v) is 3.01. The van der Waals surface area contributed by atoms with Crippen LogP contribution in [-0.4, -0.2) is 36.1 Å². The van der Waals surface area contributed by atoms with Gasteiger partial charge in [0.25, 0.3) is 0 Å². The molecule has 4 heteroatoms. The summed E-state index contributed by atoms with van der Waals surface area (Å²) < 4.78 is 10.3. The topological polar surface area (TPSA) is 38.7 Å². The first-order chi connectivity index (χ1) is 4.74. The highest BCUT2D eigenvalue weighted by atomic mass is 35.5. The third kappa shape index (κ3) is 1.83. The van der Waals surface area contributed by atoms with Crippen molar-refractivity contribution < 1.29 is 14.6 Å². The summed E-state index contributed by atoms with van der Waals surface area (Å²) in [5.41, 5.74) is 0. The maximum atomic E-state index is 8.62. The molecule has 0 aromatic heterocycles. The van der Waals surface area contributed by atoms with Gasteiger partial charge < -0.3 is 14.6 Å². The third-order valence-corrected chi connectivity index (χ3v) is 1.56. The molecule has 1 heterocycles. The first kappa shape index (κ1) is 8.27. The molecule has 60 valence electrons. The lowest BCUT2D eigenvalue weighted by Gasteiger charge is -2.11. The van der Waals surface area contributed by atoms with Crippen molar-refractivity contribution in [2.24, 2.45) is 0 Å². The molecule has 0 aromatic rings. The van der Waals surface area contributed by atoms with Gasteiger partial charge in [0.05, 0.1) is 18.6 Å². The Balaban J connectivity index is 2.28. The predicted octanol–water partition coefficient (Wildman–Crippen LogP) is 0.347. The van der Waals surface area contributed by atoms with Crippen LogP contribution in [0.5, 0.6) is 0 Å². The van der Waals surface area contributed by atoms with Crippen LogP contribution in [0.2, 0.25) is 0 Å². The molecule has 1 fully saturated rings. The average molecular weight is 167 g/mol. The average Bonchev–Trinajstić information content (AvgIpc) is 2.34. The van der Waals surface area contributed by atoms with E-state index in [9.17, 15) is 0 Å². The van der Waals surface area contributed by atoms with Gasteiger partial charge in [-0.1, -0.05) is 0 Å². The molecule has 1 aliphatic rings. The summed E-state index contributed by atoms with van der Waals surface area (Å²) in [6, 6.07) is 0. The number of rotatable bonds is 2. The van der Waals surface area contributed by atoms with E-state index in [4.69, 9.17) is 26.2 Å². The summed E-state index contributed by atoms with van der Waals surface area (Å²) in [4.78, 5) is 0. The Hall–Kier alpha value is 0.170. The fourth-order valence-electron chi connectivity index (χ4n) is 0.807. The van der Waals surface area contributed by atoms with Crippen molar-refractivity contribution in [3.05, 3.63) is 0 Å². The second kappa shape index (κ2) is 3.53. The van der Waals surface area contributed by atoms with Crippen molar-refractivity contribution in [2.45, 2.75) is 24.7 Å². The third-order valence-electron chi connectivity index (χ3n) is 1.35. The van der Waals surface area contributed by atoms with Gasteiger partial charge in [0.1, 0.15) is 6.10 Å². The Bertz CT molecular complexity index is 107. The number of hydrogen-bond donors (Lipinski definition) is 1. The molecule has 1 saturated heterocycles. The molecule has 10 heavy (non-hydrogen) atoms. The molecule has 3 unspecified atom stereocenters. The first-order valence-corrected chi connectivity index (χ1v) is 3.69. The predicted molar refractivity (Wildman–Crippen MR) is 37.0 cm³/mol. The molecule has 0 aromatic carbocycles. The second-order valence-electron chi connectivity index (χ2n) is 2.32. The van der Waals surface area contributed by atoms with E-state index in [-0.39, 0.29) is 24.4 Å². The lowest BCUT2D eigenvalue weighted by Crippen LogP contribution is -2.21. The van der Waals surface area contributed by atoms with Crippen LogP contribution in [0.3, 0.4) is 0 Å². The van der Waals surface area contributed by atoms with Crippen LogP contribution in [0.4, 0.5) is 0 Å². The smallest absolute Gasteiger partial charge is 0.174 e. The van der Waals surface area contributed by atoms with E-state index in [1.54, 1.807) is 6.92 Å². The summed E-state index contributed by atoms with van der Waals surface area (Å²) in [6.45, 7) is 2.24. The van der Waals surface area contributed by atoms with E-state index in [1.165, 1.54) is 0 Å². The van der Waals surface area contributed by atoms with Crippen LogP contribution < -0.4 is 0 Å². The molecule has 0 aliphatic carbocycles. The van der Waals surface area contributed by atoms with Crippen molar-refractivity contribution in [3.8, 4) is 0 Å². The van der Waals surface area contributed by atoms with Gasteiger partial charge in [-0.15, -0.1) is 11.6 Å². The monoisotopic (exact) mass is 166 g/mol. The van der Waals surface area contributed by atoms with Gasteiger partial charge in [-0.25, -0.2) is 0 Å². The maximum Gasteiger partial charge on any atom is 0.174 e. The number of ether oxygens (including phenoxy) is 2. The van der Waals surface area contributed by atoms with Gasteiger partial charge in [-0.2, -0.15) is 0 Å². The van der Waals surface area contributed by atoms with Crippen LogP contribution in [0.25, 0.3) is 0 Å². The first-order valence-electron chi connectivity index (χ1n) is 3.26. The minimum atomic E-state index is -0.348. The van der Waals surface area contributed by atoms with Crippen LogP contribution in [0, 0.1) is 0 Å². The number of aliphatic hydroxyl groups is 1. The van der Waals surface area contributed by atoms with E-state index in [1.807, 2.05) is 0 Å². The Labute approximate surface area is 64.9 Å². The zero-order chi connectivity index (χ0) is 7.56. The van der Waals surface area contributed by atoms with Crippen LogP contribution >= 0.6 is 11.6 Å². The number of hydrogen-bond acceptors (Lipinski definition) is 3. The molecular weight excluding hydrogens is 156 g/mol. The molecule has 1 N–H and O–H groups in total. The Kier molecular flexibility index (Phi) is 2.92. The molecule has 3 nitrogen and oxygen atoms in total. The molecule has 0 spiro atoms. The Morgan fingerprint density at radius 3 is 2.80 bits per heavy atom. The van der Waals surface area contributed by atoms with Gasteiger partial charge in [-0.05, 0) is 6.92 Å². The van der Waals surface area contributed by atoms with Gasteiger partial charge in [0, 0.05) is 0 Å². The van der Waals surface area contributed by atoms with Crippen molar-refractivity contribution >= 4 is 11.6 Å². The summed E-state index contributed by atoms with van der Waals surface area (Å²) in [5.74, 6) is 0. The highest BCUT2D eigenvalue weighted by Crippen LogP contribution is 2.17. The number of aliphatic hydroxyl groups excluding tert-OH is 1. The molecule has 3 atom stereocenters. The summed E-state index contributed by atoms with van der Waals surface area (Å²) in [5, 5.41) is 8.46. The van der Waals surface area contributed by atoms with E-state index in [0.29, 0.717) is 6.61 Å². The molecular formula is C6H11ClO3. The molecule has 1 aliphatic heterocycles. The standard InChI is InChI=1S/C6H11ClO3/c1-4(7)6-9-3-5(2-8)10-6/h4-6,8H,2-3H2,1H3. The quantitative estimate of drug-likeness (QED) is 0.602. The molecule has 1 rings (SSSR count). The van der Waals surface area contributed by atoms with Crippen LogP contribution in [-0.2, 0) is 9.47 Å². The van der Waals surface area contributed by atoms with E-state index >= 15 is 0 Å². The van der Waals surface area contributed by atoms with Crippen molar-refractivity contribution in [2.75, 3.05) is 13.2 Å². The highest BCUT2D eigenvalue weighted by Gasteiger charge is 2.28. The molecule has 0 amide bonds. The minimum Gasteiger partial charge on any atom is -0.394 e. The maximum absolute atomic E-state index is 8.62. The van der Waals surface area contributed by atoms with Gasteiger partial charge in [0.2, 0.25) is 0 Å². The zero-order valence-electron chi connectivity index (χ0n) is 5.79. The van der Waals surface area contributed by atoms with Gasteiger partial charge >= 0.3 is 0 Å². The number of alkyl halides is 1. The Morgan fingerprint density at radius 2 is 2.50 bits per heavy atom. The summed E-state index contributed by atoms with van der Waals surface area (Å²) in [6.07, 6.45) is -0.537. The SMILES string of the molecule is CC(Cl)C1OCC(CO)O1. The summed E-state index contributed by atoms with van der Waals surface area (Å²) >= 11 is 5.67. The van der Waals surface area contributed by atoms with Gasteiger partial charge in [-0.3, -0.25) is 0 Å². The van der Waals surface area contributed by atoms with E-state index in [0.717, 1.165) is 0 Å². The molecule has 0 radical (unpaired) electrons. The van der Waals surface area contributed by atoms with Gasteiger partial charge in [0.15, 0.2) is 6.29 Å². The van der Waals surface area contributed by atoms with E-state index < -0.39 is 0 Å². The van der Waals surface area contributed by atoms with Crippen molar-refractivity contribution in [3.63, 3.8) is 0 Å². The molecule has 0 bridgehead atoms. The zero-order valence-corrected chi connectivity index (χ0v) is 6.54. The van der Waals surface area contributed by atoms with Crippen LogP contribution in [0.1, 0.15) is 6.92 Å². The summed E-state index contributed by atoms with van der Waals surface area (Å²) in [7, 11) is 0. The highest BCUT2D eigenvalue weighted by molar-refractivity contribution is 6.20. The van der Waals surface area contributed by atoms with Crippen LogP contribution in [0.15, 0.2) is 0 Å². The lowest BCUT2D eigenvalue weighted by molar-refractivity contribution is -0.0632. The fourth-order valence-corrected chi connectivity index (χ4v) is 0.939. The normalized spacial score (nSPS) is 36.3. The largest absolute Gasteiger partial charge is 0.394 e. The molecule has 0 saturated carbocycles. The van der Waals surface area contributed by atoms with E-state index in [2.05, 4.69) is 0 Å². The van der Waals surface area contributed by atoms with Crippen molar-refractivity contribution in [1.82, 2.24) is 0 Å². The van der Waals surface area contributed by atoms with Crippen molar-refractivity contribution in [1.29, 1.82) is 0 Å².